The Bertz CT molecular complexity index is 317. The summed E-state index contributed by atoms with van der Waals surface area (Å²) in [6.07, 6.45) is 4.21. The third kappa shape index (κ3) is 6.25. The van der Waals surface area contributed by atoms with Gasteiger partial charge in [0, 0.05) is 19.0 Å². The summed E-state index contributed by atoms with van der Waals surface area (Å²) >= 11 is 0. The Morgan fingerprint density at radius 1 is 1.40 bits per heavy atom. The van der Waals surface area contributed by atoms with Crippen molar-refractivity contribution in [2.45, 2.75) is 73.3 Å². The van der Waals surface area contributed by atoms with Gasteiger partial charge < -0.3 is 10.6 Å². The fraction of sp³-hybridized carbons (Fsp3) is 0.941. The Kier molecular flexibility index (Phi) is 6.06. The number of carbonyl (C=O) groups is 1. The number of piperidine rings is 1. The fourth-order valence-electron chi connectivity index (χ4n) is 3.34. The summed E-state index contributed by atoms with van der Waals surface area (Å²) in [5, 5.41) is 6.66. The zero-order chi connectivity index (χ0) is 15.4. The summed E-state index contributed by atoms with van der Waals surface area (Å²) in [6.45, 7) is 15.3. The molecule has 1 amide bonds. The van der Waals surface area contributed by atoms with Crippen LogP contribution in [0.4, 0.5) is 0 Å². The van der Waals surface area contributed by atoms with Gasteiger partial charge in [-0.3, -0.25) is 4.79 Å². The van der Waals surface area contributed by atoms with Gasteiger partial charge in [0.1, 0.15) is 0 Å². The van der Waals surface area contributed by atoms with Crippen molar-refractivity contribution >= 4 is 5.91 Å². The summed E-state index contributed by atoms with van der Waals surface area (Å²) in [6, 6.07) is 0.401. The van der Waals surface area contributed by atoms with Crippen molar-refractivity contribution in [3.63, 3.8) is 0 Å². The first kappa shape index (κ1) is 17.5. The maximum absolute atomic E-state index is 12.1. The van der Waals surface area contributed by atoms with Gasteiger partial charge in [-0.05, 0) is 42.6 Å². The molecule has 0 radical (unpaired) electrons. The van der Waals surface area contributed by atoms with Gasteiger partial charge in [0.15, 0.2) is 0 Å². The van der Waals surface area contributed by atoms with Gasteiger partial charge >= 0.3 is 0 Å². The summed E-state index contributed by atoms with van der Waals surface area (Å²) in [4.78, 5) is 12.1. The number of hydrogen-bond acceptors (Lipinski definition) is 2. The van der Waals surface area contributed by atoms with Crippen LogP contribution in [0.3, 0.4) is 0 Å². The van der Waals surface area contributed by atoms with Crippen LogP contribution in [-0.2, 0) is 4.79 Å². The smallest absolute Gasteiger partial charge is 0.220 e. The van der Waals surface area contributed by atoms with Crippen LogP contribution in [0, 0.1) is 16.7 Å². The van der Waals surface area contributed by atoms with Crippen LogP contribution in [0.15, 0.2) is 0 Å². The molecule has 0 aromatic rings. The monoisotopic (exact) mass is 282 g/mol. The maximum atomic E-state index is 12.1. The van der Waals surface area contributed by atoms with Gasteiger partial charge in [-0.15, -0.1) is 0 Å². The average molecular weight is 282 g/mol. The summed E-state index contributed by atoms with van der Waals surface area (Å²) in [7, 11) is 0. The van der Waals surface area contributed by atoms with E-state index in [-0.39, 0.29) is 11.3 Å². The lowest BCUT2D eigenvalue weighted by atomic mass is 9.77. The molecule has 0 aromatic heterocycles. The molecular formula is C17H34N2O. The molecule has 1 aliphatic rings. The molecule has 2 N–H and O–H groups in total. The lowest BCUT2D eigenvalue weighted by molar-refractivity contribution is -0.122. The Morgan fingerprint density at radius 2 is 2.05 bits per heavy atom. The van der Waals surface area contributed by atoms with Crippen LogP contribution in [0.5, 0.6) is 0 Å². The predicted octanol–water partition coefficient (Wildman–Crippen LogP) is 3.34. The van der Waals surface area contributed by atoms with Gasteiger partial charge in [0.05, 0.1) is 0 Å². The van der Waals surface area contributed by atoms with Crippen LogP contribution in [0.25, 0.3) is 0 Å². The molecule has 1 heterocycles. The lowest BCUT2D eigenvalue weighted by Gasteiger charge is -2.39. The van der Waals surface area contributed by atoms with E-state index in [1.807, 2.05) is 0 Å². The summed E-state index contributed by atoms with van der Waals surface area (Å²) in [5.74, 6) is 0.646. The highest BCUT2D eigenvalue weighted by Gasteiger charge is 2.32. The molecule has 1 aliphatic heterocycles. The normalized spacial score (nSPS) is 24.2. The van der Waals surface area contributed by atoms with E-state index in [0.29, 0.717) is 23.8 Å². The standard InChI is InChI=1S/C17H34N2O/c1-13(11-16(2,3)4)10-15(20)19-12-14-17(5,6)8-7-9-18-14/h13-14,18H,7-12H2,1-6H3,(H,19,20). The van der Waals surface area contributed by atoms with Crippen molar-refractivity contribution in [2.24, 2.45) is 16.7 Å². The molecule has 0 spiro atoms. The van der Waals surface area contributed by atoms with E-state index >= 15 is 0 Å². The molecule has 0 aliphatic carbocycles. The van der Waals surface area contributed by atoms with Crippen molar-refractivity contribution in [1.82, 2.24) is 10.6 Å². The minimum atomic E-state index is 0.199. The molecule has 2 unspecified atom stereocenters. The molecule has 1 saturated heterocycles. The highest BCUT2D eigenvalue weighted by atomic mass is 16.1. The molecule has 1 fully saturated rings. The molecule has 0 bridgehead atoms. The van der Waals surface area contributed by atoms with Gasteiger partial charge in [-0.25, -0.2) is 0 Å². The third-order valence-corrected chi connectivity index (χ3v) is 4.33. The number of amides is 1. The van der Waals surface area contributed by atoms with Crippen LogP contribution < -0.4 is 10.6 Å². The second-order valence-corrected chi connectivity index (χ2v) is 8.48. The topological polar surface area (TPSA) is 41.1 Å². The van der Waals surface area contributed by atoms with E-state index in [9.17, 15) is 4.79 Å². The first-order chi connectivity index (χ1) is 9.10. The fourth-order valence-corrected chi connectivity index (χ4v) is 3.34. The van der Waals surface area contributed by atoms with Crippen molar-refractivity contribution in [1.29, 1.82) is 0 Å². The van der Waals surface area contributed by atoms with E-state index in [1.54, 1.807) is 0 Å². The lowest BCUT2D eigenvalue weighted by Crippen LogP contribution is -2.52. The number of hydrogen-bond donors (Lipinski definition) is 2. The highest BCUT2D eigenvalue weighted by molar-refractivity contribution is 5.76. The molecule has 1 rings (SSSR count). The molecule has 0 aromatic carbocycles. The maximum Gasteiger partial charge on any atom is 0.220 e. The van der Waals surface area contributed by atoms with Crippen molar-refractivity contribution in [3.8, 4) is 0 Å². The van der Waals surface area contributed by atoms with Crippen LogP contribution in [0.1, 0.15) is 67.2 Å². The molecule has 118 valence electrons. The molecule has 2 atom stereocenters. The molecule has 20 heavy (non-hydrogen) atoms. The zero-order valence-corrected chi connectivity index (χ0v) is 14.3. The first-order valence-electron chi connectivity index (χ1n) is 8.10. The van der Waals surface area contributed by atoms with Gasteiger partial charge in [0.2, 0.25) is 5.91 Å². The van der Waals surface area contributed by atoms with E-state index in [2.05, 4.69) is 52.2 Å². The minimum absolute atomic E-state index is 0.199. The Hall–Kier alpha value is -0.570. The second kappa shape index (κ2) is 6.93. The number of rotatable bonds is 5. The molecular weight excluding hydrogens is 248 g/mol. The van der Waals surface area contributed by atoms with Crippen molar-refractivity contribution < 1.29 is 4.79 Å². The van der Waals surface area contributed by atoms with Crippen molar-refractivity contribution in [2.75, 3.05) is 13.1 Å². The Labute approximate surface area is 125 Å². The third-order valence-electron chi connectivity index (χ3n) is 4.33. The van der Waals surface area contributed by atoms with Crippen LogP contribution in [0.2, 0.25) is 0 Å². The largest absolute Gasteiger partial charge is 0.355 e. The van der Waals surface area contributed by atoms with E-state index in [0.717, 1.165) is 19.5 Å². The second-order valence-electron chi connectivity index (χ2n) is 8.48. The highest BCUT2D eigenvalue weighted by Crippen LogP contribution is 2.29. The predicted molar refractivity (Wildman–Crippen MR) is 85.7 cm³/mol. The van der Waals surface area contributed by atoms with E-state index < -0.39 is 0 Å². The zero-order valence-electron chi connectivity index (χ0n) is 14.3. The van der Waals surface area contributed by atoms with Crippen molar-refractivity contribution in [3.05, 3.63) is 0 Å². The molecule has 3 heteroatoms. The summed E-state index contributed by atoms with van der Waals surface area (Å²) in [5.41, 5.74) is 0.579. The van der Waals surface area contributed by atoms with E-state index in [4.69, 9.17) is 0 Å². The SMILES string of the molecule is CC(CC(=O)NCC1NCCCC1(C)C)CC(C)(C)C. The van der Waals surface area contributed by atoms with Gasteiger partial charge in [-0.1, -0.05) is 41.5 Å². The number of nitrogens with one attached hydrogen (secondary N) is 2. The molecule has 0 saturated carbocycles. The van der Waals surface area contributed by atoms with Crippen LogP contribution in [-0.4, -0.2) is 25.0 Å². The quantitative estimate of drug-likeness (QED) is 0.812. The van der Waals surface area contributed by atoms with E-state index in [1.165, 1.54) is 12.8 Å². The van der Waals surface area contributed by atoms with Crippen LogP contribution >= 0.6 is 0 Å². The number of carbonyl (C=O) groups excluding carboxylic acids is 1. The first-order valence-corrected chi connectivity index (χ1v) is 8.10. The average Bonchev–Trinajstić information content (AvgIpc) is 2.24. The van der Waals surface area contributed by atoms with Gasteiger partial charge in [-0.2, -0.15) is 0 Å². The van der Waals surface area contributed by atoms with Gasteiger partial charge in [0.25, 0.3) is 0 Å². The Morgan fingerprint density at radius 3 is 2.60 bits per heavy atom. The minimum Gasteiger partial charge on any atom is -0.355 e. The molecule has 3 nitrogen and oxygen atoms in total. The summed E-state index contributed by atoms with van der Waals surface area (Å²) < 4.78 is 0. The Balaban J connectivity index is 2.32.